The minimum absolute atomic E-state index is 0.261. The number of aliphatic hydroxyl groups is 4. The SMILES string of the molecule is O=C(O[C@H]1[C@H](O)[C@H](O)[C@@H](O)O[C@@H]1CO)c1ccccc1. The van der Waals surface area contributed by atoms with Crippen LogP contribution in [0, 0.1) is 0 Å². The molecule has 1 heterocycles. The second-order valence-electron chi connectivity index (χ2n) is 4.46. The van der Waals surface area contributed by atoms with E-state index < -0.39 is 43.3 Å². The van der Waals surface area contributed by atoms with Crippen LogP contribution < -0.4 is 0 Å². The fraction of sp³-hybridized carbons (Fsp3) is 0.462. The highest BCUT2D eigenvalue weighted by Crippen LogP contribution is 2.23. The summed E-state index contributed by atoms with van der Waals surface area (Å²) in [5, 5.41) is 37.8. The van der Waals surface area contributed by atoms with Gasteiger partial charge in [0, 0.05) is 0 Å². The predicted octanol–water partition coefficient (Wildman–Crippen LogP) is -1.36. The molecule has 0 aromatic heterocycles. The largest absolute Gasteiger partial charge is 0.453 e. The molecule has 7 nitrogen and oxygen atoms in total. The standard InChI is InChI=1S/C13H16O7/c14-6-8-11(9(15)10(16)13(18)19-8)20-12(17)7-4-2-1-3-5-7/h1-5,8-11,13-16,18H,6H2/t8-,9-,10+,11-,13+/m1/s1. The van der Waals surface area contributed by atoms with Crippen LogP contribution in [0.1, 0.15) is 10.4 Å². The number of carbonyl (C=O) groups excluding carboxylic acids is 1. The van der Waals surface area contributed by atoms with E-state index in [1.165, 1.54) is 12.1 Å². The van der Waals surface area contributed by atoms with Crippen LogP contribution in [0.5, 0.6) is 0 Å². The molecule has 0 bridgehead atoms. The van der Waals surface area contributed by atoms with Gasteiger partial charge in [-0.25, -0.2) is 4.79 Å². The van der Waals surface area contributed by atoms with Gasteiger partial charge in [-0.3, -0.25) is 0 Å². The third-order valence-electron chi connectivity index (χ3n) is 3.09. The highest BCUT2D eigenvalue weighted by Gasteiger charge is 2.45. The Kier molecular flexibility index (Phi) is 4.69. The van der Waals surface area contributed by atoms with Crippen molar-refractivity contribution >= 4 is 5.97 Å². The predicted molar refractivity (Wildman–Crippen MR) is 65.6 cm³/mol. The molecule has 0 spiro atoms. The maximum absolute atomic E-state index is 11.9. The van der Waals surface area contributed by atoms with Gasteiger partial charge in [-0.1, -0.05) is 18.2 Å². The van der Waals surface area contributed by atoms with Crippen molar-refractivity contribution in [1.82, 2.24) is 0 Å². The van der Waals surface area contributed by atoms with Crippen molar-refractivity contribution < 1.29 is 34.7 Å². The van der Waals surface area contributed by atoms with Gasteiger partial charge in [0.1, 0.15) is 18.3 Å². The maximum atomic E-state index is 11.9. The normalized spacial score (nSPS) is 33.7. The third-order valence-corrected chi connectivity index (χ3v) is 3.09. The average molecular weight is 284 g/mol. The van der Waals surface area contributed by atoms with E-state index in [0.717, 1.165) is 0 Å². The molecule has 20 heavy (non-hydrogen) atoms. The van der Waals surface area contributed by atoms with E-state index in [1.807, 2.05) is 0 Å². The van der Waals surface area contributed by atoms with Crippen molar-refractivity contribution in [2.24, 2.45) is 0 Å². The first kappa shape index (κ1) is 14.9. The Bertz CT molecular complexity index is 447. The Balaban J connectivity index is 2.11. The first-order valence-corrected chi connectivity index (χ1v) is 6.11. The number of ether oxygens (including phenoxy) is 2. The van der Waals surface area contributed by atoms with Gasteiger partial charge in [-0.05, 0) is 12.1 Å². The molecule has 0 radical (unpaired) electrons. The fourth-order valence-corrected chi connectivity index (χ4v) is 1.98. The first-order valence-electron chi connectivity index (χ1n) is 6.11. The topological polar surface area (TPSA) is 116 Å². The summed E-state index contributed by atoms with van der Waals surface area (Å²) in [7, 11) is 0. The van der Waals surface area contributed by atoms with Gasteiger partial charge >= 0.3 is 5.97 Å². The monoisotopic (exact) mass is 284 g/mol. The zero-order chi connectivity index (χ0) is 14.7. The van der Waals surface area contributed by atoms with Crippen LogP contribution in [0.3, 0.4) is 0 Å². The van der Waals surface area contributed by atoms with Crippen LogP contribution in [-0.4, -0.2) is 63.7 Å². The van der Waals surface area contributed by atoms with E-state index in [4.69, 9.17) is 14.6 Å². The molecule has 1 aliphatic heterocycles. The molecular formula is C13H16O7. The quantitative estimate of drug-likeness (QED) is 0.507. The molecule has 1 aromatic rings. The van der Waals surface area contributed by atoms with Crippen molar-refractivity contribution in [3.05, 3.63) is 35.9 Å². The highest BCUT2D eigenvalue weighted by atomic mass is 16.7. The molecule has 1 fully saturated rings. The van der Waals surface area contributed by atoms with Crippen molar-refractivity contribution in [3.8, 4) is 0 Å². The molecule has 5 atom stereocenters. The summed E-state index contributed by atoms with van der Waals surface area (Å²) in [5.41, 5.74) is 0.261. The summed E-state index contributed by atoms with van der Waals surface area (Å²) < 4.78 is 9.95. The van der Waals surface area contributed by atoms with Crippen LogP contribution in [-0.2, 0) is 9.47 Å². The number of rotatable bonds is 3. The minimum atomic E-state index is -1.64. The number of hydrogen-bond donors (Lipinski definition) is 4. The zero-order valence-corrected chi connectivity index (χ0v) is 10.5. The van der Waals surface area contributed by atoms with Gasteiger partial charge in [0.15, 0.2) is 12.4 Å². The first-order chi connectivity index (χ1) is 9.54. The second kappa shape index (κ2) is 6.29. The van der Waals surface area contributed by atoms with Crippen LogP contribution in [0.25, 0.3) is 0 Å². The van der Waals surface area contributed by atoms with Crippen LogP contribution in [0.15, 0.2) is 30.3 Å². The lowest BCUT2D eigenvalue weighted by atomic mass is 9.99. The molecular weight excluding hydrogens is 268 g/mol. The van der Waals surface area contributed by atoms with Gasteiger partial charge in [0.2, 0.25) is 0 Å². The van der Waals surface area contributed by atoms with Crippen LogP contribution in [0.4, 0.5) is 0 Å². The third kappa shape index (κ3) is 2.97. The lowest BCUT2D eigenvalue weighted by molar-refractivity contribution is -0.285. The number of carbonyl (C=O) groups is 1. The molecule has 110 valence electrons. The zero-order valence-electron chi connectivity index (χ0n) is 10.5. The molecule has 0 aliphatic carbocycles. The van der Waals surface area contributed by atoms with Crippen molar-refractivity contribution in [2.75, 3.05) is 6.61 Å². The molecule has 2 rings (SSSR count). The Labute approximate surface area is 115 Å². The number of esters is 1. The van der Waals surface area contributed by atoms with Gasteiger partial charge in [0.05, 0.1) is 12.2 Å². The van der Waals surface area contributed by atoms with Crippen molar-refractivity contribution in [3.63, 3.8) is 0 Å². The molecule has 7 heteroatoms. The molecule has 4 N–H and O–H groups in total. The molecule has 0 amide bonds. The summed E-state index contributed by atoms with van der Waals surface area (Å²) in [6.07, 6.45) is -7.20. The Morgan fingerprint density at radius 1 is 1.15 bits per heavy atom. The van der Waals surface area contributed by atoms with Crippen LogP contribution >= 0.6 is 0 Å². The van der Waals surface area contributed by atoms with Crippen LogP contribution in [0.2, 0.25) is 0 Å². The fourth-order valence-electron chi connectivity index (χ4n) is 1.98. The highest BCUT2D eigenvalue weighted by molar-refractivity contribution is 5.89. The number of hydrogen-bond acceptors (Lipinski definition) is 7. The van der Waals surface area contributed by atoms with E-state index >= 15 is 0 Å². The lowest BCUT2D eigenvalue weighted by Crippen LogP contribution is -2.59. The minimum Gasteiger partial charge on any atom is -0.453 e. The molecule has 1 aliphatic rings. The lowest BCUT2D eigenvalue weighted by Gasteiger charge is -2.39. The summed E-state index contributed by atoms with van der Waals surface area (Å²) in [4.78, 5) is 11.9. The Morgan fingerprint density at radius 3 is 2.40 bits per heavy atom. The summed E-state index contributed by atoms with van der Waals surface area (Å²) in [6.45, 7) is -0.576. The van der Waals surface area contributed by atoms with E-state index in [1.54, 1.807) is 18.2 Å². The maximum Gasteiger partial charge on any atom is 0.338 e. The number of benzene rings is 1. The molecule has 1 saturated heterocycles. The van der Waals surface area contributed by atoms with Crippen molar-refractivity contribution in [1.29, 1.82) is 0 Å². The van der Waals surface area contributed by atoms with E-state index in [0.29, 0.717) is 0 Å². The average Bonchev–Trinajstić information content (AvgIpc) is 2.48. The van der Waals surface area contributed by atoms with Gasteiger partial charge in [-0.2, -0.15) is 0 Å². The molecule has 0 unspecified atom stereocenters. The summed E-state index contributed by atoms with van der Waals surface area (Å²) in [5.74, 6) is -0.722. The Morgan fingerprint density at radius 2 is 1.80 bits per heavy atom. The van der Waals surface area contributed by atoms with E-state index in [2.05, 4.69) is 0 Å². The summed E-state index contributed by atoms with van der Waals surface area (Å²) >= 11 is 0. The van der Waals surface area contributed by atoms with Crippen molar-refractivity contribution in [2.45, 2.75) is 30.7 Å². The van der Waals surface area contributed by atoms with E-state index in [-0.39, 0.29) is 5.56 Å². The van der Waals surface area contributed by atoms with Gasteiger partial charge < -0.3 is 29.9 Å². The Hall–Kier alpha value is -1.51. The number of aliphatic hydroxyl groups excluding tert-OH is 4. The molecule has 1 aromatic carbocycles. The van der Waals surface area contributed by atoms with E-state index in [9.17, 15) is 20.1 Å². The van der Waals surface area contributed by atoms with Gasteiger partial charge in [-0.15, -0.1) is 0 Å². The smallest absolute Gasteiger partial charge is 0.338 e. The second-order valence-corrected chi connectivity index (χ2v) is 4.46. The molecule has 0 saturated carbocycles. The van der Waals surface area contributed by atoms with Gasteiger partial charge in [0.25, 0.3) is 0 Å². The summed E-state index contributed by atoms with van der Waals surface area (Å²) in [6, 6.07) is 8.07.